The van der Waals surface area contributed by atoms with Gasteiger partial charge in [-0.25, -0.2) is 0 Å². The second-order valence-electron chi connectivity index (χ2n) is 8.64. The number of rotatable bonds is 5. The lowest BCUT2D eigenvalue weighted by atomic mass is 9.84. The molecule has 26 heavy (non-hydrogen) atoms. The maximum Gasteiger partial charge on any atom is 0.249 e. The summed E-state index contributed by atoms with van der Waals surface area (Å²) in [5.41, 5.74) is 1.17. The molecule has 140 valence electrons. The van der Waals surface area contributed by atoms with Crippen molar-refractivity contribution in [2.45, 2.75) is 59.4 Å². The highest BCUT2D eigenvalue weighted by atomic mass is 16.5. The molecule has 0 aliphatic carbocycles. The van der Waals surface area contributed by atoms with E-state index in [9.17, 15) is 4.79 Å². The van der Waals surface area contributed by atoms with Gasteiger partial charge in [-0.1, -0.05) is 63.2 Å². The highest BCUT2D eigenvalue weighted by Gasteiger charge is 2.34. The molecule has 0 saturated carbocycles. The molecule has 1 amide bonds. The molecule has 2 unspecified atom stereocenters. The van der Waals surface area contributed by atoms with Gasteiger partial charge in [0, 0.05) is 18.5 Å². The zero-order valence-electron chi connectivity index (χ0n) is 16.2. The smallest absolute Gasteiger partial charge is 0.249 e. The van der Waals surface area contributed by atoms with E-state index in [-0.39, 0.29) is 17.4 Å². The number of benzene rings is 1. The molecule has 5 nitrogen and oxygen atoms in total. The van der Waals surface area contributed by atoms with Crippen molar-refractivity contribution in [3.8, 4) is 11.4 Å². The second kappa shape index (κ2) is 7.60. The second-order valence-corrected chi connectivity index (χ2v) is 8.64. The Morgan fingerprint density at radius 3 is 2.73 bits per heavy atom. The minimum Gasteiger partial charge on any atom is -0.337 e. The normalized spacial score (nSPS) is 18.9. The molecule has 0 bridgehead atoms. The van der Waals surface area contributed by atoms with Crippen LogP contribution in [0.5, 0.6) is 0 Å². The number of carbonyl (C=O) groups is 1. The average molecular weight is 355 g/mol. The summed E-state index contributed by atoms with van der Waals surface area (Å²) in [5.74, 6) is 1.70. The van der Waals surface area contributed by atoms with E-state index in [1.54, 1.807) is 0 Å². The van der Waals surface area contributed by atoms with Gasteiger partial charge in [-0.05, 0) is 30.6 Å². The number of hydrogen-bond donors (Lipinski definition) is 0. The van der Waals surface area contributed by atoms with Gasteiger partial charge in [0.1, 0.15) is 6.04 Å². The summed E-state index contributed by atoms with van der Waals surface area (Å²) in [4.78, 5) is 19.3. The van der Waals surface area contributed by atoms with Crippen LogP contribution in [0.3, 0.4) is 0 Å². The Morgan fingerprint density at radius 1 is 1.31 bits per heavy atom. The van der Waals surface area contributed by atoms with Crippen LogP contribution < -0.4 is 0 Å². The van der Waals surface area contributed by atoms with E-state index in [1.165, 1.54) is 0 Å². The Bertz CT molecular complexity index is 733. The molecule has 5 heteroatoms. The van der Waals surface area contributed by atoms with Gasteiger partial charge >= 0.3 is 0 Å². The first-order chi connectivity index (χ1) is 12.3. The Kier molecular flexibility index (Phi) is 5.44. The van der Waals surface area contributed by atoms with Crippen LogP contribution in [0.15, 0.2) is 34.9 Å². The van der Waals surface area contributed by atoms with Crippen molar-refractivity contribution in [2.75, 3.05) is 6.54 Å². The lowest BCUT2D eigenvalue weighted by molar-refractivity contribution is -0.133. The zero-order chi connectivity index (χ0) is 18.7. The van der Waals surface area contributed by atoms with Gasteiger partial charge in [-0.15, -0.1) is 0 Å². The monoisotopic (exact) mass is 355 g/mol. The van der Waals surface area contributed by atoms with Crippen LogP contribution in [-0.4, -0.2) is 27.5 Å². The topological polar surface area (TPSA) is 59.2 Å². The quantitative estimate of drug-likeness (QED) is 0.768. The molecule has 2 heterocycles. The first-order valence-electron chi connectivity index (χ1n) is 9.52. The van der Waals surface area contributed by atoms with Gasteiger partial charge in [0.2, 0.25) is 17.6 Å². The van der Waals surface area contributed by atoms with Crippen LogP contribution in [0, 0.1) is 11.3 Å². The van der Waals surface area contributed by atoms with E-state index in [2.05, 4.69) is 37.8 Å². The molecule has 1 aromatic heterocycles. The Hall–Kier alpha value is -2.17. The molecule has 0 N–H and O–H groups in total. The van der Waals surface area contributed by atoms with Gasteiger partial charge in [0.25, 0.3) is 0 Å². The SMILES string of the molecule is CC(CC(=O)N1CCCC1c1nc(-c2ccccc2)no1)CC(C)(C)C. The van der Waals surface area contributed by atoms with Gasteiger partial charge < -0.3 is 9.42 Å². The van der Waals surface area contributed by atoms with Crippen molar-refractivity contribution in [3.63, 3.8) is 0 Å². The minimum atomic E-state index is -0.0886. The zero-order valence-corrected chi connectivity index (χ0v) is 16.2. The number of likely N-dealkylation sites (tertiary alicyclic amines) is 1. The third kappa shape index (κ3) is 4.51. The van der Waals surface area contributed by atoms with Gasteiger partial charge in [0.05, 0.1) is 0 Å². The van der Waals surface area contributed by atoms with Gasteiger partial charge in [-0.3, -0.25) is 4.79 Å². The molecule has 0 radical (unpaired) electrons. The van der Waals surface area contributed by atoms with E-state index < -0.39 is 0 Å². The molecule has 3 rings (SSSR count). The molecule has 1 aliphatic heterocycles. The van der Waals surface area contributed by atoms with Crippen LogP contribution in [0.1, 0.15) is 65.3 Å². The average Bonchev–Trinajstić information content (AvgIpc) is 3.23. The van der Waals surface area contributed by atoms with E-state index in [4.69, 9.17) is 4.52 Å². The van der Waals surface area contributed by atoms with Crippen molar-refractivity contribution in [2.24, 2.45) is 11.3 Å². The maximum atomic E-state index is 12.8. The van der Waals surface area contributed by atoms with Crippen LogP contribution in [0.4, 0.5) is 0 Å². The summed E-state index contributed by atoms with van der Waals surface area (Å²) in [5, 5.41) is 4.11. The Morgan fingerprint density at radius 2 is 2.04 bits per heavy atom. The van der Waals surface area contributed by atoms with Gasteiger partial charge in [0.15, 0.2) is 0 Å². The molecule has 1 aromatic carbocycles. The summed E-state index contributed by atoms with van der Waals surface area (Å²) < 4.78 is 5.51. The van der Waals surface area contributed by atoms with Crippen LogP contribution in [0.25, 0.3) is 11.4 Å². The van der Waals surface area contributed by atoms with Crippen LogP contribution >= 0.6 is 0 Å². The molecule has 0 spiro atoms. The van der Waals surface area contributed by atoms with Crippen molar-refractivity contribution in [3.05, 3.63) is 36.2 Å². The fraction of sp³-hybridized carbons (Fsp3) is 0.571. The maximum absolute atomic E-state index is 12.8. The molecule has 2 aromatic rings. The third-order valence-corrected chi connectivity index (χ3v) is 4.82. The fourth-order valence-corrected chi connectivity index (χ4v) is 3.93. The summed E-state index contributed by atoms with van der Waals surface area (Å²) in [6.45, 7) is 9.59. The van der Waals surface area contributed by atoms with Crippen LogP contribution in [0.2, 0.25) is 0 Å². The molecule has 1 saturated heterocycles. The Labute approximate surface area is 155 Å². The summed E-state index contributed by atoms with van der Waals surface area (Å²) in [6.07, 6.45) is 3.48. The van der Waals surface area contributed by atoms with E-state index in [0.717, 1.165) is 31.4 Å². The third-order valence-electron chi connectivity index (χ3n) is 4.82. The lowest BCUT2D eigenvalue weighted by Crippen LogP contribution is -2.32. The van der Waals surface area contributed by atoms with E-state index >= 15 is 0 Å². The summed E-state index contributed by atoms with van der Waals surface area (Å²) in [7, 11) is 0. The molecular formula is C21H29N3O2. The van der Waals surface area contributed by atoms with Gasteiger partial charge in [-0.2, -0.15) is 4.98 Å². The molecule has 1 fully saturated rings. The largest absolute Gasteiger partial charge is 0.337 e. The lowest BCUT2D eigenvalue weighted by Gasteiger charge is -2.26. The predicted molar refractivity (Wildman–Crippen MR) is 101 cm³/mol. The number of nitrogens with zero attached hydrogens (tertiary/aromatic N) is 3. The summed E-state index contributed by atoms with van der Waals surface area (Å²) in [6, 6.07) is 9.69. The van der Waals surface area contributed by atoms with E-state index in [0.29, 0.717) is 24.1 Å². The van der Waals surface area contributed by atoms with E-state index in [1.807, 2.05) is 35.2 Å². The number of aromatic nitrogens is 2. The van der Waals surface area contributed by atoms with Crippen molar-refractivity contribution in [1.29, 1.82) is 0 Å². The molecule has 2 atom stereocenters. The number of amides is 1. The highest BCUT2D eigenvalue weighted by Crippen LogP contribution is 2.34. The first kappa shape index (κ1) is 18.6. The number of hydrogen-bond acceptors (Lipinski definition) is 4. The standard InChI is InChI=1S/C21H29N3O2/c1-15(14-21(2,3)4)13-18(25)24-12-8-11-17(24)20-22-19(23-26-20)16-9-6-5-7-10-16/h5-7,9-10,15,17H,8,11-14H2,1-4H3. The number of carbonyl (C=O) groups excluding carboxylic acids is 1. The Balaban J connectivity index is 1.68. The molecular weight excluding hydrogens is 326 g/mol. The first-order valence-corrected chi connectivity index (χ1v) is 9.52. The predicted octanol–water partition coefficient (Wildman–Crippen LogP) is 4.86. The highest BCUT2D eigenvalue weighted by molar-refractivity contribution is 5.77. The molecule has 1 aliphatic rings. The fourth-order valence-electron chi connectivity index (χ4n) is 3.93. The van der Waals surface area contributed by atoms with Crippen molar-refractivity contribution < 1.29 is 9.32 Å². The van der Waals surface area contributed by atoms with Crippen molar-refractivity contribution >= 4 is 5.91 Å². The summed E-state index contributed by atoms with van der Waals surface area (Å²) >= 11 is 0. The van der Waals surface area contributed by atoms with Crippen LogP contribution in [-0.2, 0) is 4.79 Å². The minimum absolute atomic E-state index is 0.0886. The van der Waals surface area contributed by atoms with Crippen molar-refractivity contribution in [1.82, 2.24) is 15.0 Å².